The van der Waals surface area contributed by atoms with Crippen molar-refractivity contribution >= 4 is 10.0 Å². The van der Waals surface area contributed by atoms with E-state index in [2.05, 4.69) is 5.32 Å². The molecule has 2 rings (SSSR count). The molecule has 21 heavy (non-hydrogen) atoms. The van der Waals surface area contributed by atoms with Crippen LogP contribution in [0.1, 0.15) is 32.3 Å². The Kier molecular flexibility index (Phi) is 4.60. The van der Waals surface area contributed by atoms with Gasteiger partial charge in [-0.1, -0.05) is 6.07 Å². The van der Waals surface area contributed by atoms with E-state index < -0.39 is 10.0 Å². The van der Waals surface area contributed by atoms with Crippen molar-refractivity contribution in [3.63, 3.8) is 0 Å². The third-order valence-corrected chi connectivity index (χ3v) is 6.13. The first-order valence-corrected chi connectivity index (χ1v) is 8.61. The van der Waals surface area contributed by atoms with Gasteiger partial charge in [0.15, 0.2) is 0 Å². The molecule has 1 aliphatic heterocycles. The van der Waals surface area contributed by atoms with Crippen LogP contribution in [-0.4, -0.2) is 39.0 Å². The Bertz CT molecular complexity index is 611. The highest BCUT2D eigenvalue weighted by atomic mass is 32.2. The van der Waals surface area contributed by atoms with Gasteiger partial charge in [-0.05, 0) is 51.4 Å². The third kappa shape index (κ3) is 3.07. The van der Waals surface area contributed by atoms with Crippen molar-refractivity contribution in [3.8, 4) is 5.75 Å². The standard InChI is InChI=1S/C15H24N2O3S/c1-15(2)8-5-9-17(15)21(18,19)14-10-12(11-16-3)6-7-13(14)20-4/h6-7,10,16H,5,8-9,11H2,1-4H3. The van der Waals surface area contributed by atoms with E-state index in [-0.39, 0.29) is 10.4 Å². The van der Waals surface area contributed by atoms with Gasteiger partial charge in [0.2, 0.25) is 10.0 Å². The summed E-state index contributed by atoms with van der Waals surface area (Å²) in [6.45, 7) is 5.13. The second kappa shape index (κ2) is 5.94. The predicted octanol–water partition coefficient (Wildman–Crippen LogP) is 1.98. The summed E-state index contributed by atoms with van der Waals surface area (Å²) in [5.74, 6) is 0.401. The number of nitrogens with one attached hydrogen (secondary N) is 1. The number of hydrogen-bond donors (Lipinski definition) is 1. The monoisotopic (exact) mass is 312 g/mol. The largest absolute Gasteiger partial charge is 0.495 e. The Labute approximate surface area is 127 Å². The van der Waals surface area contributed by atoms with E-state index in [0.29, 0.717) is 18.8 Å². The summed E-state index contributed by atoms with van der Waals surface area (Å²) in [5, 5.41) is 3.04. The minimum absolute atomic E-state index is 0.257. The van der Waals surface area contributed by atoms with Crippen molar-refractivity contribution in [1.29, 1.82) is 0 Å². The van der Waals surface area contributed by atoms with E-state index in [4.69, 9.17) is 4.74 Å². The Morgan fingerprint density at radius 2 is 2.10 bits per heavy atom. The Morgan fingerprint density at radius 1 is 1.38 bits per heavy atom. The van der Waals surface area contributed by atoms with Crippen LogP contribution in [0.3, 0.4) is 0 Å². The van der Waals surface area contributed by atoms with E-state index in [9.17, 15) is 8.42 Å². The molecule has 0 aliphatic carbocycles. The third-order valence-electron chi connectivity index (χ3n) is 4.00. The summed E-state index contributed by atoms with van der Waals surface area (Å²) in [7, 11) is -0.213. The molecule has 1 saturated heterocycles. The van der Waals surface area contributed by atoms with Gasteiger partial charge in [-0.25, -0.2) is 8.42 Å². The maximum absolute atomic E-state index is 13.0. The Hall–Kier alpha value is -1.11. The molecule has 0 radical (unpaired) electrons. The van der Waals surface area contributed by atoms with Gasteiger partial charge in [-0.3, -0.25) is 0 Å². The van der Waals surface area contributed by atoms with Crippen LogP contribution in [-0.2, 0) is 16.6 Å². The maximum atomic E-state index is 13.0. The normalized spacial score (nSPS) is 18.9. The summed E-state index contributed by atoms with van der Waals surface area (Å²) in [5.41, 5.74) is 0.580. The van der Waals surface area contributed by atoms with Crippen LogP contribution >= 0.6 is 0 Å². The minimum atomic E-state index is -3.55. The summed E-state index contributed by atoms with van der Waals surface area (Å²) in [4.78, 5) is 0.257. The first-order valence-electron chi connectivity index (χ1n) is 7.17. The molecule has 1 aliphatic rings. The average molecular weight is 312 g/mol. The molecular formula is C15H24N2O3S. The van der Waals surface area contributed by atoms with Crippen LogP contribution in [0.15, 0.2) is 23.1 Å². The van der Waals surface area contributed by atoms with Gasteiger partial charge < -0.3 is 10.1 Å². The van der Waals surface area contributed by atoms with Crippen molar-refractivity contribution < 1.29 is 13.2 Å². The van der Waals surface area contributed by atoms with Crippen LogP contribution in [0.5, 0.6) is 5.75 Å². The number of rotatable bonds is 5. The lowest BCUT2D eigenvalue weighted by molar-refractivity contribution is 0.290. The first kappa shape index (κ1) is 16.3. The van der Waals surface area contributed by atoms with Crippen molar-refractivity contribution in [2.75, 3.05) is 20.7 Å². The molecule has 0 aromatic heterocycles. The topological polar surface area (TPSA) is 58.6 Å². The van der Waals surface area contributed by atoms with E-state index in [1.807, 2.05) is 27.0 Å². The van der Waals surface area contributed by atoms with E-state index >= 15 is 0 Å². The summed E-state index contributed by atoms with van der Waals surface area (Å²) in [6.07, 6.45) is 1.77. The highest BCUT2D eigenvalue weighted by Gasteiger charge is 2.42. The van der Waals surface area contributed by atoms with Gasteiger partial charge in [0, 0.05) is 18.6 Å². The molecule has 0 saturated carbocycles. The number of methoxy groups -OCH3 is 1. The Morgan fingerprint density at radius 3 is 2.62 bits per heavy atom. The quantitative estimate of drug-likeness (QED) is 0.903. The van der Waals surface area contributed by atoms with Gasteiger partial charge in [0.05, 0.1) is 7.11 Å². The van der Waals surface area contributed by atoms with Crippen LogP contribution < -0.4 is 10.1 Å². The molecular weight excluding hydrogens is 288 g/mol. The van der Waals surface area contributed by atoms with Crippen molar-refractivity contribution in [2.24, 2.45) is 0 Å². The SMILES string of the molecule is CNCc1ccc(OC)c(S(=O)(=O)N2CCCC2(C)C)c1. The van der Waals surface area contributed by atoms with Crippen molar-refractivity contribution in [3.05, 3.63) is 23.8 Å². The van der Waals surface area contributed by atoms with Gasteiger partial charge in [0.1, 0.15) is 10.6 Å². The fourth-order valence-corrected chi connectivity index (χ4v) is 4.94. The molecule has 0 bridgehead atoms. The molecule has 6 heteroatoms. The molecule has 1 aromatic carbocycles. The van der Waals surface area contributed by atoms with E-state index in [1.54, 1.807) is 16.4 Å². The summed E-state index contributed by atoms with van der Waals surface area (Å²) < 4.78 is 32.9. The molecule has 1 heterocycles. The number of hydrogen-bond acceptors (Lipinski definition) is 4. The highest BCUT2D eigenvalue weighted by molar-refractivity contribution is 7.89. The molecule has 0 atom stereocenters. The van der Waals surface area contributed by atoms with Gasteiger partial charge in [-0.15, -0.1) is 0 Å². The summed E-state index contributed by atoms with van der Waals surface area (Å²) in [6, 6.07) is 5.31. The maximum Gasteiger partial charge on any atom is 0.247 e. The molecule has 118 valence electrons. The second-order valence-corrected chi connectivity index (χ2v) is 7.84. The second-order valence-electron chi connectivity index (χ2n) is 6.01. The van der Waals surface area contributed by atoms with Crippen LogP contribution in [0, 0.1) is 0 Å². The Balaban J connectivity index is 2.50. The van der Waals surface area contributed by atoms with E-state index in [1.165, 1.54) is 7.11 Å². The van der Waals surface area contributed by atoms with Gasteiger partial charge in [0.25, 0.3) is 0 Å². The molecule has 0 unspecified atom stereocenters. The molecule has 1 N–H and O–H groups in total. The highest BCUT2D eigenvalue weighted by Crippen LogP contribution is 2.37. The average Bonchev–Trinajstić information content (AvgIpc) is 2.79. The lowest BCUT2D eigenvalue weighted by atomic mass is 10.0. The molecule has 0 amide bonds. The number of ether oxygens (including phenoxy) is 1. The van der Waals surface area contributed by atoms with Gasteiger partial charge >= 0.3 is 0 Å². The zero-order valence-corrected chi connectivity index (χ0v) is 14.0. The molecule has 1 fully saturated rings. The molecule has 5 nitrogen and oxygen atoms in total. The number of benzene rings is 1. The van der Waals surface area contributed by atoms with Crippen molar-refractivity contribution in [2.45, 2.75) is 43.7 Å². The number of sulfonamides is 1. The first-order chi connectivity index (χ1) is 9.82. The minimum Gasteiger partial charge on any atom is -0.495 e. The van der Waals surface area contributed by atoms with Crippen LogP contribution in [0.25, 0.3) is 0 Å². The zero-order valence-electron chi connectivity index (χ0n) is 13.1. The zero-order chi connectivity index (χ0) is 15.7. The molecule has 1 aromatic rings. The number of nitrogens with zero attached hydrogens (tertiary/aromatic N) is 1. The summed E-state index contributed by atoms with van der Waals surface area (Å²) >= 11 is 0. The van der Waals surface area contributed by atoms with Crippen molar-refractivity contribution in [1.82, 2.24) is 9.62 Å². The fourth-order valence-electron chi connectivity index (χ4n) is 2.88. The van der Waals surface area contributed by atoms with Gasteiger partial charge in [-0.2, -0.15) is 4.31 Å². The lowest BCUT2D eigenvalue weighted by Crippen LogP contribution is -2.42. The smallest absolute Gasteiger partial charge is 0.247 e. The van der Waals surface area contributed by atoms with Crippen LogP contribution in [0.2, 0.25) is 0 Å². The molecule has 0 spiro atoms. The van der Waals surface area contributed by atoms with E-state index in [0.717, 1.165) is 18.4 Å². The predicted molar refractivity (Wildman–Crippen MR) is 83.0 cm³/mol. The van der Waals surface area contributed by atoms with Crippen LogP contribution in [0.4, 0.5) is 0 Å². The fraction of sp³-hybridized carbons (Fsp3) is 0.600. The lowest BCUT2D eigenvalue weighted by Gasteiger charge is -2.31.